The van der Waals surface area contributed by atoms with Gasteiger partial charge in [0, 0.05) is 11.1 Å². The summed E-state index contributed by atoms with van der Waals surface area (Å²) in [7, 11) is 3.23. The van der Waals surface area contributed by atoms with Crippen molar-refractivity contribution in [3.8, 4) is 34.0 Å². The second-order valence-electron chi connectivity index (χ2n) is 8.23. The van der Waals surface area contributed by atoms with E-state index in [1.165, 1.54) is 30.0 Å². The number of rotatable bonds is 10. The number of H-pyrrole nitrogens is 1. The predicted molar refractivity (Wildman–Crippen MR) is 150 cm³/mol. The Kier molecular flexibility index (Phi) is 8.60. The zero-order valence-corrected chi connectivity index (χ0v) is 22.5. The van der Waals surface area contributed by atoms with Gasteiger partial charge < -0.3 is 24.9 Å². The second-order valence-corrected chi connectivity index (χ2v) is 9.82. The number of methoxy groups -OCH3 is 2. The van der Waals surface area contributed by atoms with Crippen LogP contribution in [0.15, 0.2) is 71.9 Å². The lowest BCUT2D eigenvalue weighted by Crippen LogP contribution is -2.25. The Balaban J connectivity index is 1.64. The number of halogens is 1. The molecule has 0 radical (unpaired) electrons. The fourth-order valence-electron chi connectivity index (χ4n) is 3.76. The van der Waals surface area contributed by atoms with Gasteiger partial charge in [0.2, 0.25) is 5.91 Å². The molecule has 10 heteroatoms. The van der Waals surface area contributed by atoms with Gasteiger partial charge in [0.25, 0.3) is 0 Å². The summed E-state index contributed by atoms with van der Waals surface area (Å²) in [5, 5.41) is 12.3. The highest BCUT2D eigenvalue weighted by molar-refractivity contribution is 8.00. The summed E-state index contributed by atoms with van der Waals surface area (Å²) >= 11 is 7.49. The monoisotopic (exact) mass is 551 g/mol. The third-order valence-corrected chi connectivity index (χ3v) is 7.39. The third kappa shape index (κ3) is 6.12. The van der Waals surface area contributed by atoms with Gasteiger partial charge in [-0.05, 0) is 73.2 Å². The summed E-state index contributed by atoms with van der Waals surface area (Å²) < 4.78 is 10.6. The summed E-state index contributed by atoms with van der Waals surface area (Å²) in [5.41, 5.74) is 3.60. The number of ether oxygens (including phenoxy) is 2. The molecule has 1 heterocycles. The number of aromatic carboxylic acids is 1. The van der Waals surface area contributed by atoms with Crippen LogP contribution in [0.2, 0.25) is 5.02 Å². The van der Waals surface area contributed by atoms with Crippen molar-refractivity contribution >= 4 is 40.9 Å². The number of aromatic nitrogens is 2. The Morgan fingerprint density at radius 3 is 2.16 bits per heavy atom. The van der Waals surface area contributed by atoms with Gasteiger partial charge in [-0.1, -0.05) is 30.3 Å². The Bertz CT molecular complexity index is 1370. The lowest BCUT2D eigenvalue weighted by Gasteiger charge is -2.14. The molecule has 0 aliphatic rings. The van der Waals surface area contributed by atoms with Gasteiger partial charge >= 0.3 is 5.97 Å². The number of hydrogen-bond acceptors (Lipinski definition) is 6. The normalized spacial score (nSPS) is 11.6. The average molecular weight is 552 g/mol. The molecule has 1 unspecified atom stereocenters. The minimum Gasteiger partial charge on any atom is -0.497 e. The number of nitrogens with one attached hydrogen (secondary N) is 2. The van der Waals surface area contributed by atoms with Crippen LogP contribution in [-0.4, -0.2) is 46.4 Å². The highest BCUT2D eigenvalue weighted by atomic mass is 35.5. The second kappa shape index (κ2) is 12.1. The van der Waals surface area contributed by atoms with E-state index in [9.17, 15) is 14.7 Å². The number of carbonyl (C=O) groups is 2. The standard InChI is InChI=1S/C28H26ClN3O5S/c1-4-23(26(33)30-22-15-18(27(34)35)9-14-21(22)29)38-28-31-24(16-5-10-19(36-2)11-6-16)25(32-28)17-7-12-20(37-3)13-8-17/h5-15,23H,4H2,1-3H3,(H,30,33)(H,31,32)(H,34,35). The van der Waals surface area contributed by atoms with Crippen molar-refractivity contribution in [2.45, 2.75) is 23.8 Å². The number of aromatic amines is 1. The molecular weight excluding hydrogens is 526 g/mol. The molecule has 196 valence electrons. The molecule has 3 N–H and O–H groups in total. The number of anilines is 1. The van der Waals surface area contributed by atoms with Crippen molar-refractivity contribution in [3.63, 3.8) is 0 Å². The van der Waals surface area contributed by atoms with Gasteiger partial charge in [-0.3, -0.25) is 4.79 Å². The highest BCUT2D eigenvalue weighted by Crippen LogP contribution is 2.36. The van der Waals surface area contributed by atoms with Crippen molar-refractivity contribution in [2.75, 3.05) is 19.5 Å². The Morgan fingerprint density at radius 2 is 1.61 bits per heavy atom. The lowest BCUT2D eigenvalue weighted by molar-refractivity contribution is -0.115. The van der Waals surface area contributed by atoms with E-state index in [-0.39, 0.29) is 22.2 Å². The molecular formula is C28H26ClN3O5S. The van der Waals surface area contributed by atoms with Crippen LogP contribution in [0, 0.1) is 0 Å². The zero-order valence-electron chi connectivity index (χ0n) is 20.9. The number of carboxylic acid groups (broad SMARTS) is 1. The summed E-state index contributed by atoms with van der Waals surface area (Å²) in [6, 6.07) is 19.4. The fourth-order valence-corrected chi connectivity index (χ4v) is 4.83. The molecule has 0 saturated heterocycles. The third-order valence-electron chi connectivity index (χ3n) is 5.81. The van der Waals surface area contributed by atoms with Crippen LogP contribution in [-0.2, 0) is 4.79 Å². The number of hydrogen-bond donors (Lipinski definition) is 3. The maximum atomic E-state index is 13.1. The molecule has 0 aliphatic heterocycles. The van der Waals surface area contributed by atoms with Crippen molar-refractivity contribution in [3.05, 3.63) is 77.3 Å². The predicted octanol–water partition coefficient (Wildman–Crippen LogP) is 6.62. The van der Waals surface area contributed by atoms with Crippen molar-refractivity contribution in [2.24, 2.45) is 0 Å². The Labute approximate surface area is 229 Å². The molecule has 0 aliphatic carbocycles. The molecule has 4 rings (SSSR count). The SMILES string of the molecule is CCC(Sc1nc(-c2ccc(OC)cc2)c(-c2ccc(OC)cc2)[nH]1)C(=O)Nc1cc(C(=O)O)ccc1Cl. The van der Waals surface area contributed by atoms with Crippen LogP contribution in [0.4, 0.5) is 5.69 Å². The van der Waals surface area contributed by atoms with E-state index in [0.29, 0.717) is 11.6 Å². The topological polar surface area (TPSA) is 114 Å². The summed E-state index contributed by atoms with van der Waals surface area (Å²) in [5.74, 6) is 0.0575. The van der Waals surface area contributed by atoms with Crippen LogP contribution in [0.3, 0.4) is 0 Å². The van der Waals surface area contributed by atoms with Crippen molar-refractivity contribution in [1.29, 1.82) is 0 Å². The van der Waals surface area contributed by atoms with E-state index < -0.39 is 11.2 Å². The van der Waals surface area contributed by atoms with E-state index >= 15 is 0 Å². The van der Waals surface area contributed by atoms with E-state index in [1.807, 2.05) is 55.5 Å². The molecule has 8 nitrogen and oxygen atoms in total. The molecule has 0 spiro atoms. The van der Waals surface area contributed by atoms with E-state index in [4.69, 9.17) is 26.1 Å². The first-order chi connectivity index (χ1) is 18.3. The van der Waals surface area contributed by atoms with Gasteiger partial charge in [-0.2, -0.15) is 0 Å². The lowest BCUT2D eigenvalue weighted by atomic mass is 10.0. The van der Waals surface area contributed by atoms with Gasteiger partial charge in [-0.15, -0.1) is 0 Å². The van der Waals surface area contributed by atoms with Gasteiger partial charge in [-0.25, -0.2) is 9.78 Å². The molecule has 1 amide bonds. The number of nitrogens with zero attached hydrogens (tertiary/aromatic N) is 1. The quantitative estimate of drug-likeness (QED) is 0.190. The minimum atomic E-state index is -1.11. The zero-order chi connectivity index (χ0) is 27.2. The number of amides is 1. The Morgan fingerprint density at radius 1 is 1.00 bits per heavy atom. The number of carbonyl (C=O) groups excluding carboxylic acids is 1. The number of imidazole rings is 1. The minimum absolute atomic E-state index is 0.0321. The van der Waals surface area contributed by atoms with Crippen molar-refractivity contribution < 1.29 is 24.2 Å². The van der Waals surface area contributed by atoms with Crippen LogP contribution in [0.1, 0.15) is 23.7 Å². The Hall–Kier alpha value is -3.95. The molecule has 4 aromatic rings. The summed E-state index contributed by atoms with van der Waals surface area (Å²) in [6.07, 6.45) is 0.503. The first-order valence-corrected chi connectivity index (χ1v) is 13.0. The van der Waals surface area contributed by atoms with Gasteiger partial charge in [0.1, 0.15) is 11.5 Å². The maximum Gasteiger partial charge on any atom is 0.335 e. The smallest absolute Gasteiger partial charge is 0.335 e. The number of carboxylic acids is 1. The van der Waals surface area contributed by atoms with E-state index in [0.717, 1.165) is 34.0 Å². The van der Waals surface area contributed by atoms with E-state index in [1.54, 1.807) is 14.2 Å². The molecule has 1 aromatic heterocycles. The largest absolute Gasteiger partial charge is 0.497 e. The molecule has 38 heavy (non-hydrogen) atoms. The molecule has 0 saturated carbocycles. The summed E-state index contributed by atoms with van der Waals surface area (Å²) in [4.78, 5) is 32.7. The molecule has 1 atom stereocenters. The van der Waals surface area contributed by atoms with Crippen LogP contribution < -0.4 is 14.8 Å². The first kappa shape index (κ1) is 27.1. The maximum absolute atomic E-state index is 13.1. The van der Waals surface area contributed by atoms with Gasteiger partial charge in [0.15, 0.2) is 5.16 Å². The fraction of sp³-hybridized carbons (Fsp3) is 0.179. The van der Waals surface area contributed by atoms with Crippen LogP contribution in [0.25, 0.3) is 22.5 Å². The average Bonchev–Trinajstić information content (AvgIpc) is 3.36. The van der Waals surface area contributed by atoms with Crippen molar-refractivity contribution in [1.82, 2.24) is 9.97 Å². The first-order valence-electron chi connectivity index (χ1n) is 11.7. The number of benzene rings is 3. The summed E-state index contributed by atoms with van der Waals surface area (Å²) in [6.45, 7) is 1.89. The van der Waals surface area contributed by atoms with Crippen LogP contribution >= 0.6 is 23.4 Å². The molecule has 3 aromatic carbocycles. The van der Waals surface area contributed by atoms with Crippen LogP contribution in [0.5, 0.6) is 11.5 Å². The van der Waals surface area contributed by atoms with E-state index in [2.05, 4.69) is 10.3 Å². The molecule has 0 fully saturated rings. The van der Waals surface area contributed by atoms with Gasteiger partial charge in [0.05, 0.1) is 47.1 Å². The highest BCUT2D eigenvalue weighted by Gasteiger charge is 2.23. The number of thioether (sulfide) groups is 1. The molecule has 0 bridgehead atoms.